The van der Waals surface area contributed by atoms with E-state index in [0.717, 1.165) is 22.9 Å². The first-order valence-corrected chi connectivity index (χ1v) is 10.6. The second kappa shape index (κ2) is 9.57. The van der Waals surface area contributed by atoms with Crippen LogP contribution in [0.4, 0.5) is 34.6 Å². The number of hydrogen-bond donors (Lipinski definition) is 4. The van der Waals surface area contributed by atoms with E-state index in [9.17, 15) is 22.4 Å². The van der Waals surface area contributed by atoms with Crippen molar-refractivity contribution in [3.05, 3.63) is 95.6 Å². The summed E-state index contributed by atoms with van der Waals surface area (Å²) in [5.41, 5.74) is 2.12. The predicted octanol–water partition coefficient (Wildman–Crippen LogP) is 5.65. The Morgan fingerprint density at radius 3 is 2.43 bits per heavy atom. The molecule has 0 fully saturated rings. The fourth-order valence-electron chi connectivity index (χ4n) is 3.55. The highest BCUT2D eigenvalue weighted by molar-refractivity contribution is 5.74. The van der Waals surface area contributed by atoms with Crippen LogP contribution in [0.3, 0.4) is 0 Å². The number of amides is 1. The van der Waals surface area contributed by atoms with Gasteiger partial charge in [-0.2, -0.15) is 13.2 Å². The second-order valence-electron chi connectivity index (χ2n) is 7.97. The zero-order valence-corrected chi connectivity index (χ0v) is 18.6. The largest absolute Gasteiger partial charge is 0.450 e. The molecule has 0 saturated carbocycles. The third-order valence-electron chi connectivity index (χ3n) is 5.15. The molecule has 1 amide bonds. The molecule has 1 atom stereocenters. The number of rotatable bonds is 7. The number of anilines is 3. The zero-order chi connectivity index (χ0) is 25.2. The van der Waals surface area contributed by atoms with Gasteiger partial charge < -0.3 is 26.0 Å². The number of hydrogen-bond acceptors (Lipinski definition) is 5. The van der Waals surface area contributed by atoms with Crippen LogP contribution >= 0.6 is 0 Å². The Labute approximate surface area is 199 Å². The minimum absolute atomic E-state index is 0.118. The molecule has 10 heteroatoms. The lowest BCUT2D eigenvalue weighted by Gasteiger charge is -2.15. The number of alkyl halides is 3. The Morgan fingerprint density at radius 1 is 1.03 bits per heavy atom. The van der Waals surface area contributed by atoms with Gasteiger partial charge >= 0.3 is 6.18 Å². The fraction of sp³-hybridized carbons (Fsp3) is 0.160. The summed E-state index contributed by atoms with van der Waals surface area (Å²) >= 11 is 0. The maximum atomic E-state index is 13.9. The normalized spacial score (nSPS) is 14.4. The molecule has 0 aliphatic carbocycles. The number of benzene rings is 3. The maximum Gasteiger partial charge on any atom is 0.416 e. The molecule has 1 unspecified atom stereocenters. The van der Waals surface area contributed by atoms with Crippen molar-refractivity contribution in [1.29, 1.82) is 0 Å². The van der Waals surface area contributed by atoms with E-state index in [1.165, 1.54) is 6.92 Å². The molecule has 1 aliphatic heterocycles. The number of carbonyl (C=O) groups excluding carboxylic acids is 1. The van der Waals surface area contributed by atoms with Gasteiger partial charge in [0, 0.05) is 12.6 Å². The molecule has 1 aliphatic rings. The second-order valence-corrected chi connectivity index (χ2v) is 7.97. The van der Waals surface area contributed by atoms with Gasteiger partial charge in [-0.05, 0) is 60.0 Å². The Kier molecular flexibility index (Phi) is 6.54. The van der Waals surface area contributed by atoms with Gasteiger partial charge in [0.1, 0.15) is 17.4 Å². The van der Waals surface area contributed by atoms with Crippen molar-refractivity contribution >= 4 is 23.0 Å². The van der Waals surface area contributed by atoms with Crippen LogP contribution in [-0.2, 0) is 17.4 Å². The quantitative estimate of drug-likeness (QED) is 0.325. The lowest BCUT2D eigenvalue weighted by molar-refractivity contribution is -0.137. The number of carbonyl (C=O) groups is 1. The molecule has 0 radical (unpaired) electrons. The molecular formula is C25H22F4N4O2. The van der Waals surface area contributed by atoms with Gasteiger partial charge in [0.15, 0.2) is 0 Å². The number of fused-ring (bicyclic) bond motifs is 1. The molecule has 0 bridgehead atoms. The lowest BCUT2D eigenvalue weighted by atomic mass is 10.0. The molecule has 6 nitrogen and oxygen atoms in total. The number of ether oxygens (including phenoxy) is 1. The highest BCUT2D eigenvalue weighted by Gasteiger charge is 2.31. The summed E-state index contributed by atoms with van der Waals surface area (Å²) in [5.74, 6) is -0.271. The smallest absolute Gasteiger partial charge is 0.416 e. The molecule has 182 valence electrons. The van der Waals surface area contributed by atoms with E-state index in [1.807, 2.05) is 30.3 Å². The molecule has 0 aromatic heterocycles. The molecule has 0 saturated heterocycles. The maximum absolute atomic E-state index is 13.9. The van der Waals surface area contributed by atoms with E-state index < -0.39 is 23.9 Å². The van der Waals surface area contributed by atoms with Crippen LogP contribution in [0.15, 0.2) is 73.1 Å². The summed E-state index contributed by atoms with van der Waals surface area (Å²) in [4.78, 5) is 11.2. The van der Waals surface area contributed by atoms with Crippen molar-refractivity contribution in [2.75, 3.05) is 16.0 Å². The van der Waals surface area contributed by atoms with Crippen LogP contribution in [0.25, 0.3) is 0 Å². The Balaban J connectivity index is 1.36. The summed E-state index contributed by atoms with van der Waals surface area (Å²) in [7, 11) is 0. The first kappa shape index (κ1) is 23.9. The molecule has 3 aromatic carbocycles. The van der Waals surface area contributed by atoms with Crippen molar-refractivity contribution < 1.29 is 27.1 Å². The molecular weight excluding hydrogens is 464 g/mol. The van der Waals surface area contributed by atoms with E-state index >= 15 is 0 Å². The third kappa shape index (κ3) is 6.03. The van der Waals surface area contributed by atoms with Crippen molar-refractivity contribution in [3.8, 4) is 5.75 Å². The standard InChI is InChI=1S/C25H22F4N4O2/c1-14(31-22-13-18(25(27,28)29)6-9-20(22)26)30-19-7-3-16(4-8-19)11-17-5-10-21-23(12-17)35-24(33-21)32-15(2)34/h3-10,12-13,24,30-31,33H,1,11H2,2H3,(H,32,34). The van der Waals surface area contributed by atoms with Crippen LogP contribution in [0.2, 0.25) is 0 Å². The van der Waals surface area contributed by atoms with Gasteiger partial charge in [-0.15, -0.1) is 0 Å². The number of nitrogens with one attached hydrogen (secondary N) is 4. The van der Waals surface area contributed by atoms with Crippen molar-refractivity contribution in [2.45, 2.75) is 25.9 Å². The number of halogens is 4. The average Bonchev–Trinajstić information content (AvgIpc) is 3.16. The van der Waals surface area contributed by atoms with Gasteiger partial charge in [0.25, 0.3) is 6.35 Å². The van der Waals surface area contributed by atoms with Crippen molar-refractivity contribution in [2.24, 2.45) is 0 Å². The van der Waals surface area contributed by atoms with Crippen LogP contribution in [-0.4, -0.2) is 12.3 Å². The zero-order valence-electron chi connectivity index (χ0n) is 18.6. The molecule has 1 heterocycles. The minimum Gasteiger partial charge on any atom is -0.450 e. The highest BCUT2D eigenvalue weighted by Crippen LogP contribution is 2.33. The topological polar surface area (TPSA) is 74.4 Å². The monoisotopic (exact) mass is 486 g/mol. The van der Waals surface area contributed by atoms with E-state index in [2.05, 4.69) is 27.8 Å². The van der Waals surface area contributed by atoms with Gasteiger partial charge in [-0.3, -0.25) is 4.79 Å². The van der Waals surface area contributed by atoms with Gasteiger partial charge in [-0.1, -0.05) is 24.8 Å². The van der Waals surface area contributed by atoms with Gasteiger partial charge in [0.05, 0.1) is 16.9 Å². The first-order chi connectivity index (χ1) is 16.6. The fourth-order valence-corrected chi connectivity index (χ4v) is 3.55. The molecule has 0 spiro atoms. The highest BCUT2D eigenvalue weighted by atomic mass is 19.4. The van der Waals surface area contributed by atoms with Crippen LogP contribution in [0.5, 0.6) is 5.75 Å². The van der Waals surface area contributed by atoms with E-state index in [0.29, 0.717) is 30.0 Å². The summed E-state index contributed by atoms with van der Waals surface area (Å²) in [6, 6.07) is 15.2. The lowest BCUT2D eigenvalue weighted by Crippen LogP contribution is -2.40. The van der Waals surface area contributed by atoms with E-state index in [-0.39, 0.29) is 17.4 Å². The van der Waals surface area contributed by atoms with Crippen LogP contribution < -0.4 is 26.0 Å². The van der Waals surface area contributed by atoms with Crippen LogP contribution in [0, 0.1) is 5.82 Å². The van der Waals surface area contributed by atoms with Gasteiger partial charge in [0.2, 0.25) is 5.91 Å². The summed E-state index contributed by atoms with van der Waals surface area (Å²) in [5, 5.41) is 11.1. The van der Waals surface area contributed by atoms with Gasteiger partial charge in [-0.25, -0.2) is 4.39 Å². The summed E-state index contributed by atoms with van der Waals surface area (Å²) in [6.07, 6.45) is -4.56. The van der Waals surface area contributed by atoms with E-state index in [1.54, 1.807) is 12.1 Å². The predicted molar refractivity (Wildman–Crippen MR) is 125 cm³/mol. The summed E-state index contributed by atoms with van der Waals surface area (Å²) < 4.78 is 58.3. The molecule has 4 N–H and O–H groups in total. The minimum atomic E-state index is -4.58. The summed E-state index contributed by atoms with van der Waals surface area (Å²) in [6.45, 7) is 5.12. The molecule has 35 heavy (non-hydrogen) atoms. The molecule has 3 aromatic rings. The third-order valence-corrected chi connectivity index (χ3v) is 5.15. The Bertz CT molecular complexity index is 1260. The molecule has 4 rings (SSSR count). The SMILES string of the molecule is C=C(Nc1ccc(Cc2ccc3c(c2)OC(NC(C)=O)N3)cc1)Nc1cc(C(F)(F)F)ccc1F. The van der Waals surface area contributed by atoms with Crippen molar-refractivity contribution in [3.63, 3.8) is 0 Å². The average molecular weight is 486 g/mol. The van der Waals surface area contributed by atoms with E-state index in [4.69, 9.17) is 4.74 Å². The Hall–Kier alpha value is -4.21. The van der Waals surface area contributed by atoms with Crippen molar-refractivity contribution in [1.82, 2.24) is 5.32 Å². The first-order valence-electron chi connectivity index (χ1n) is 10.6. The Morgan fingerprint density at radius 2 is 1.74 bits per heavy atom. The van der Waals surface area contributed by atoms with Crippen LogP contribution in [0.1, 0.15) is 23.6 Å².